The minimum absolute atomic E-state index is 0.133. The van der Waals surface area contributed by atoms with Crippen molar-refractivity contribution in [2.24, 2.45) is 0 Å². The van der Waals surface area contributed by atoms with Crippen LogP contribution in [0.5, 0.6) is 5.75 Å². The number of aryl methyl sites for hydroxylation is 1. The molecule has 0 bridgehead atoms. The third kappa shape index (κ3) is 2.51. The smallest absolute Gasteiger partial charge is 0.258 e. The molecule has 112 valence electrons. The summed E-state index contributed by atoms with van der Waals surface area (Å²) in [5, 5.41) is 10.5. The normalized spacial score (nSPS) is 10.9. The Kier molecular flexibility index (Phi) is 4.02. The quantitative estimate of drug-likeness (QED) is 0.878. The first-order chi connectivity index (χ1) is 9.90. The number of benzene rings is 1. The molecule has 0 radical (unpaired) electrons. The Hall–Kier alpha value is -2.30. The summed E-state index contributed by atoms with van der Waals surface area (Å²) in [5.74, 6) is -0.0299. The molecule has 1 aromatic heterocycles. The van der Waals surface area contributed by atoms with Crippen LogP contribution in [0.1, 0.15) is 47.2 Å². The fraction of sp³-hybridized carbons (Fsp3) is 0.375. The van der Waals surface area contributed by atoms with Crippen LogP contribution in [0.15, 0.2) is 16.5 Å². The fourth-order valence-electron chi connectivity index (χ4n) is 2.47. The molecule has 0 fully saturated rings. The highest BCUT2D eigenvalue weighted by Gasteiger charge is 2.23. The van der Waals surface area contributed by atoms with Crippen LogP contribution in [0, 0.1) is 6.92 Å². The highest BCUT2D eigenvalue weighted by molar-refractivity contribution is 6.09. The van der Waals surface area contributed by atoms with Gasteiger partial charge in [-0.3, -0.25) is 9.59 Å². The van der Waals surface area contributed by atoms with E-state index in [0.29, 0.717) is 35.4 Å². The van der Waals surface area contributed by atoms with Crippen LogP contribution in [-0.4, -0.2) is 34.8 Å². The zero-order valence-corrected chi connectivity index (χ0v) is 12.7. The molecule has 1 aromatic carbocycles. The number of hydrogen-bond donors (Lipinski definition) is 1. The van der Waals surface area contributed by atoms with Crippen molar-refractivity contribution < 1.29 is 19.1 Å². The summed E-state index contributed by atoms with van der Waals surface area (Å²) < 4.78 is 5.59. The van der Waals surface area contributed by atoms with Crippen LogP contribution in [-0.2, 0) is 0 Å². The number of aromatic hydroxyl groups is 1. The fourth-order valence-corrected chi connectivity index (χ4v) is 2.47. The van der Waals surface area contributed by atoms with Gasteiger partial charge in [0.05, 0.1) is 11.1 Å². The van der Waals surface area contributed by atoms with E-state index in [1.807, 2.05) is 13.8 Å². The summed E-state index contributed by atoms with van der Waals surface area (Å²) in [7, 11) is 0. The molecule has 0 aliphatic rings. The number of Topliss-reactive ketones (excluding diaryl/α,β-unsaturated/α-hetero) is 1. The number of ketones is 1. The van der Waals surface area contributed by atoms with Crippen LogP contribution in [0.25, 0.3) is 11.0 Å². The summed E-state index contributed by atoms with van der Waals surface area (Å²) in [6, 6.07) is 2.91. The molecular weight excluding hydrogens is 270 g/mol. The minimum atomic E-state index is -0.250. The number of carbonyl (C=O) groups excluding carboxylic acids is 2. The molecule has 0 saturated carbocycles. The zero-order chi connectivity index (χ0) is 15.7. The lowest BCUT2D eigenvalue weighted by Crippen LogP contribution is -2.30. The van der Waals surface area contributed by atoms with Gasteiger partial charge in [0.15, 0.2) is 5.78 Å². The summed E-state index contributed by atoms with van der Waals surface area (Å²) in [5.41, 5.74) is 1.07. The maximum absolute atomic E-state index is 12.6. The topological polar surface area (TPSA) is 70.8 Å². The molecule has 0 atom stereocenters. The van der Waals surface area contributed by atoms with E-state index < -0.39 is 0 Å². The second-order valence-corrected chi connectivity index (χ2v) is 4.93. The van der Waals surface area contributed by atoms with Crippen molar-refractivity contribution >= 4 is 22.7 Å². The monoisotopic (exact) mass is 289 g/mol. The molecule has 21 heavy (non-hydrogen) atoms. The number of rotatable bonds is 4. The molecule has 1 amide bonds. The molecule has 0 spiro atoms. The number of fused-ring (bicyclic) bond motifs is 1. The highest BCUT2D eigenvalue weighted by Crippen LogP contribution is 2.32. The Morgan fingerprint density at radius 2 is 1.86 bits per heavy atom. The van der Waals surface area contributed by atoms with Crippen molar-refractivity contribution in [3.63, 3.8) is 0 Å². The molecule has 1 heterocycles. The second kappa shape index (κ2) is 5.60. The lowest BCUT2D eigenvalue weighted by atomic mass is 10.0. The maximum Gasteiger partial charge on any atom is 0.258 e. The van der Waals surface area contributed by atoms with E-state index >= 15 is 0 Å². The lowest BCUT2D eigenvalue weighted by molar-refractivity contribution is 0.0772. The van der Waals surface area contributed by atoms with E-state index in [2.05, 4.69) is 0 Å². The molecule has 5 heteroatoms. The predicted molar refractivity (Wildman–Crippen MR) is 79.9 cm³/mol. The molecule has 2 aromatic rings. The van der Waals surface area contributed by atoms with Crippen LogP contribution in [0.3, 0.4) is 0 Å². The van der Waals surface area contributed by atoms with Crippen molar-refractivity contribution in [1.82, 2.24) is 4.90 Å². The molecule has 0 unspecified atom stereocenters. The average molecular weight is 289 g/mol. The van der Waals surface area contributed by atoms with Crippen molar-refractivity contribution in [3.8, 4) is 5.75 Å². The number of carbonyl (C=O) groups is 2. The van der Waals surface area contributed by atoms with Gasteiger partial charge >= 0.3 is 0 Å². The highest BCUT2D eigenvalue weighted by atomic mass is 16.3. The lowest BCUT2D eigenvalue weighted by Gasteiger charge is -2.18. The van der Waals surface area contributed by atoms with Crippen molar-refractivity contribution in [2.75, 3.05) is 13.1 Å². The Morgan fingerprint density at radius 3 is 2.38 bits per heavy atom. The van der Waals surface area contributed by atoms with E-state index in [4.69, 9.17) is 4.42 Å². The van der Waals surface area contributed by atoms with Gasteiger partial charge in [0, 0.05) is 18.5 Å². The molecule has 0 saturated heterocycles. The predicted octanol–water partition coefficient (Wildman–Crippen LogP) is 3.13. The van der Waals surface area contributed by atoms with Gasteiger partial charge in [-0.2, -0.15) is 0 Å². The van der Waals surface area contributed by atoms with Crippen LogP contribution < -0.4 is 0 Å². The number of nitrogens with zero attached hydrogens (tertiary/aromatic N) is 1. The number of furan rings is 1. The molecule has 0 aliphatic heterocycles. The van der Waals surface area contributed by atoms with Gasteiger partial charge in [-0.25, -0.2) is 0 Å². The Balaban J connectivity index is 2.65. The van der Waals surface area contributed by atoms with Gasteiger partial charge in [-0.15, -0.1) is 0 Å². The van der Waals surface area contributed by atoms with Crippen LogP contribution in [0.2, 0.25) is 0 Å². The van der Waals surface area contributed by atoms with Gasteiger partial charge < -0.3 is 14.4 Å². The first-order valence-electron chi connectivity index (χ1n) is 6.97. The van der Waals surface area contributed by atoms with Crippen LogP contribution >= 0.6 is 0 Å². The van der Waals surface area contributed by atoms with Gasteiger partial charge in [-0.05, 0) is 39.8 Å². The number of hydrogen-bond acceptors (Lipinski definition) is 4. The summed E-state index contributed by atoms with van der Waals surface area (Å²) in [4.78, 5) is 25.7. The SMILES string of the molecule is CCN(CC)C(=O)c1c(C)oc2cc(C(C)=O)c(O)cc12. The van der Waals surface area contributed by atoms with E-state index in [1.165, 1.54) is 19.1 Å². The standard InChI is InChI=1S/C16H19NO4/c1-5-17(6-2)16(20)15-10(4)21-14-8-11(9(3)18)13(19)7-12(14)15/h7-8,19H,5-6H2,1-4H3. The van der Waals surface area contributed by atoms with Crippen molar-refractivity contribution in [3.05, 3.63) is 29.0 Å². The largest absolute Gasteiger partial charge is 0.507 e. The Bertz CT molecular complexity index is 711. The van der Waals surface area contributed by atoms with Crippen molar-refractivity contribution in [2.45, 2.75) is 27.7 Å². The molecule has 1 N–H and O–H groups in total. The van der Waals surface area contributed by atoms with E-state index in [1.54, 1.807) is 11.8 Å². The minimum Gasteiger partial charge on any atom is -0.507 e. The molecular formula is C16H19NO4. The number of amides is 1. The van der Waals surface area contributed by atoms with Gasteiger partial charge in [-0.1, -0.05) is 0 Å². The summed E-state index contributed by atoms with van der Waals surface area (Å²) in [6.45, 7) is 8.09. The number of phenols is 1. The average Bonchev–Trinajstić information content (AvgIpc) is 2.73. The maximum atomic E-state index is 12.6. The van der Waals surface area contributed by atoms with Crippen molar-refractivity contribution in [1.29, 1.82) is 0 Å². The van der Waals surface area contributed by atoms with E-state index in [-0.39, 0.29) is 23.0 Å². The first kappa shape index (κ1) is 15.1. The second-order valence-electron chi connectivity index (χ2n) is 4.93. The Labute approximate surface area is 123 Å². The van der Waals surface area contributed by atoms with Crippen LogP contribution in [0.4, 0.5) is 0 Å². The Morgan fingerprint density at radius 1 is 1.24 bits per heavy atom. The third-order valence-corrected chi connectivity index (χ3v) is 3.63. The molecule has 5 nitrogen and oxygen atoms in total. The molecule has 2 rings (SSSR count). The first-order valence-corrected chi connectivity index (χ1v) is 6.97. The van der Waals surface area contributed by atoms with E-state index in [0.717, 1.165) is 0 Å². The van der Waals surface area contributed by atoms with Gasteiger partial charge in [0.1, 0.15) is 17.1 Å². The number of phenolic OH excluding ortho intramolecular Hbond substituents is 1. The summed E-state index contributed by atoms with van der Waals surface area (Å²) in [6.07, 6.45) is 0. The molecule has 0 aliphatic carbocycles. The van der Waals surface area contributed by atoms with Gasteiger partial charge in [0.2, 0.25) is 0 Å². The van der Waals surface area contributed by atoms with E-state index in [9.17, 15) is 14.7 Å². The van der Waals surface area contributed by atoms with Gasteiger partial charge in [0.25, 0.3) is 5.91 Å². The summed E-state index contributed by atoms with van der Waals surface area (Å²) >= 11 is 0. The third-order valence-electron chi connectivity index (χ3n) is 3.63. The zero-order valence-electron chi connectivity index (χ0n) is 12.7.